The van der Waals surface area contributed by atoms with Gasteiger partial charge >= 0.3 is 0 Å². The van der Waals surface area contributed by atoms with Crippen LogP contribution in [0.1, 0.15) is 39.2 Å². The van der Waals surface area contributed by atoms with Gasteiger partial charge in [0.05, 0.1) is 17.0 Å². The summed E-state index contributed by atoms with van der Waals surface area (Å²) in [6.45, 7) is 8.30. The molecule has 0 heterocycles. The smallest absolute Gasteiger partial charge is 0.240 e. The first kappa shape index (κ1) is 16.0. The molecule has 2 bridgehead atoms. The molecule has 2 aliphatic carbocycles. The quantitative estimate of drug-likeness (QED) is 0.898. The van der Waals surface area contributed by atoms with Gasteiger partial charge in [-0.2, -0.15) is 0 Å². The van der Waals surface area contributed by atoms with Gasteiger partial charge in [0, 0.05) is 5.41 Å². The second kappa shape index (κ2) is 4.79. The molecule has 0 aliphatic heterocycles. The summed E-state index contributed by atoms with van der Waals surface area (Å²) in [6.07, 6.45) is 1.28. The molecule has 1 aromatic rings. The molecule has 2 aliphatic rings. The van der Waals surface area contributed by atoms with Crippen LogP contribution in [0.4, 0.5) is 0 Å². The Morgan fingerprint density at radius 2 is 1.77 bits per heavy atom. The Bertz CT molecular complexity index is 680. The summed E-state index contributed by atoms with van der Waals surface area (Å²) in [6, 6.07) is 6.41. The Morgan fingerprint density at radius 1 is 1.18 bits per heavy atom. The number of fused-ring (bicyclic) bond motifs is 2. The number of aliphatic hydroxyl groups excluding tert-OH is 1. The number of hydrogen-bond acceptors (Lipinski definition) is 3. The minimum atomic E-state index is -3.60. The fraction of sp³-hybridized carbons (Fsp3) is 0.647. The van der Waals surface area contributed by atoms with Crippen molar-refractivity contribution in [1.29, 1.82) is 0 Å². The molecule has 2 fully saturated rings. The van der Waals surface area contributed by atoms with Gasteiger partial charge < -0.3 is 5.11 Å². The van der Waals surface area contributed by atoms with Crippen molar-refractivity contribution in [2.24, 2.45) is 16.7 Å². The summed E-state index contributed by atoms with van der Waals surface area (Å²) in [5.74, 6) is 0.174. The van der Waals surface area contributed by atoms with E-state index >= 15 is 0 Å². The molecule has 122 valence electrons. The van der Waals surface area contributed by atoms with E-state index in [9.17, 15) is 13.5 Å². The van der Waals surface area contributed by atoms with Crippen molar-refractivity contribution in [3.05, 3.63) is 29.8 Å². The first-order valence-electron chi connectivity index (χ1n) is 7.87. The van der Waals surface area contributed by atoms with Gasteiger partial charge in [0.25, 0.3) is 0 Å². The van der Waals surface area contributed by atoms with Crippen LogP contribution in [-0.4, -0.2) is 25.7 Å². The van der Waals surface area contributed by atoms with Gasteiger partial charge in [-0.15, -0.1) is 0 Å². The van der Waals surface area contributed by atoms with Crippen LogP contribution < -0.4 is 4.72 Å². The molecule has 0 spiro atoms. The van der Waals surface area contributed by atoms with Crippen LogP contribution in [0.5, 0.6) is 0 Å². The van der Waals surface area contributed by atoms with Crippen molar-refractivity contribution >= 4 is 10.0 Å². The third kappa shape index (κ3) is 2.06. The molecule has 1 aromatic carbocycles. The lowest BCUT2D eigenvalue weighted by molar-refractivity contribution is 0.00348. The SMILES string of the molecule is Cc1ccc(S(=O)(=O)NC2C3CCC(C)(C2O)C3(C)C)cc1. The van der Waals surface area contributed by atoms with Crippen LogP contribution >= 0.6 is 0 Å². The van der Waals surface area contributed by atoms with Crippen molar-refractivity contribution < 1.29 is 13.5 Å². The lowest BCUT2D eigenvalue weighted by Gasteiger charge is -2.37. The zero-order valence-corrected chi connectivity index (χ0v) is 14.4. The van der Waals surface area contributed by atoms with E-state index in [-0.39, 0.29) is 21.6 Å². The highest BCUT2D eigenvalue weighted by atomic mass is 32.2. The molecule has 4 atom stereocenters. The highest BCUT2D eigenvalue weighted by Crippen LogP contribution is 2.65. The number of sulfonamides is 1. The first-order chi connectivity index (χ1) is 10.1. The summed E-state index contributed by atoms with van der Waals surface area (Å²) in [4.78, 5) is 0.260. The predicted octanol–water partition coefficient (Wildman–Crippen LogP) is 2.46. The molecule has 2 saturated carbocycles. The van der Waals surface area contributed by atoms with Crippen LogP contribution in [0.25, 0.3) is 0 Å². The van der Waals surface area contributed by atoms with Gasteiger partial charge in [-0.25, -0.2) is 13.1 Å². The van der Waals surface area contributed by atoms with Gasteiger partial charge in [-0.1, -0.05) is 38.5 Å². The monoisotopic (exact) mass is 323 g/mol. The maximum absolute atomic E-state index is 12.6. The standard InChI is InChI=1S/C17H25NO3S/c1-11-5-7-12(8-6-11)22(20,21)18-14-13-9-10-17(4,15(14)19)16(13,2)3/h5-8,13-15,18-19H,9-10H2,1-4H3. The third-order valence-corrected chi connectivity index (χ3v) is 7.90. The minimum Gasteiger partial charge on any atom is -0.391 e. The molecule has 5 heteroatoms. The van der Waals surface area contributed by atoms with E-state index in [4.69, 9.17) is 0 Å². The second-order valence-corrected chi connectivity index (χ2v) is 9.40. The van der Waals surface area contributed by atoms with Crippen LogP contribution in [0.2, 0.25) is 0 Å². The van der Waals surface area contributed by atoms with E-state index in [0.717, 1.165) is 18.4 Å². The largest absolute Gasteiger partial charge is 0.391 e. The molecule has 4 nitrogen and oxygen atoms in total. The Kier molecular flexibility index (Phi) is 3.48. The van der Waals surface area contributed by atoms with Gasteiger partial charge in [0.1, 0.15) is 0 Å². The summed E-state index contributed by atoms with van der Waals surface area (Å²) in [5.41, 5.74) is 0.734. The van der Waals surface area contributed by atoms with E-state index in [1.54, 1.807) is 24.3 Å². The zero-order valence-electron chi connectivity index (χ0n) is 13.6. The molecular formula is C17H25NO3S. The molecule has 0 aromatic heterocycles. The molecule has 0 radical (unpaired) electrons. The van der Waals surface area contributed by atoms with Crippen molar-refractivity contribution in [3.63, 3.8) is 0 Å². The fourth-order valence-electron chi connectivity index (χ4n) is 4.45. The molecule has 22 heavy (non-hydrogen) atoms. The number of hydrogen-bond donors (Lipinski definition) is 2. The average molecular weight is 323 g/mol. The average Bonchev–Trinajstić information content (AvgIpc) is 2.73. The van der Waals surface area contributed by atoms with E-state index < -0.39 is 22.2 Å². The first-order valence-corrected chi connectivity index (χ1v) is 9.35. The lowest BCUT2D eigenvalue weighted by Crippen LogP contribution is -2.49. The van der Waals surface area contributed by atoms with Crippen molar-refractivity contribution in [1.82, 2.24) is 4.72 Å². The Morgan fingerprint density at radius 3 is 2.27 bits per heavy atom. The van der Waals surface area contributed by atoms with Gasteiger partial charge in [0.2, 0.25) is 10.0 Å². The van der Waals surface area contributed by atoms with Gasteiger partial charge in [0.15, 0.2) is 0 Å². The highest BCUT2D eigenvalue weighted by Gasteiger charge is 2.66. The van der Waals surface area contributed by atoms with Gasteiger partial charge in [-0.05, 0) is 43.2 Å². The summed E-state index contributed by atoms with van der Waals surface area (Å²) >= 11 is 0. The Balaban J connectivity index is 1.89. The Labute approximate surface area is 133 Å². The molecule has 0 saturated heterocycles. The third-order valence-electron chi connectivity index (χ3n) is 6.42. The van der Waals surface area contributed by atoms with E-state index in [1.807, 2.05) is 6.92 Å². The maximum Gasteiger partial charge on any atom is 0.240 e. The topological polar surface area (TPSA) is 66.4 Å². The Hall–Kier alpha value is -0.910. The summed E-state index contributed by atoms with van der Waals surface area (Å²) < 4.78 is 28.0. The number of aryl methyl sites for hydroxylation is 1. The van der Waals surface area contributed by atoms with Crippen LogP contribution in [0.15, 0.2) is 29.2 Å². The fourth-order valence-corrected chi connectivity index (χ4v) is 5.73. The lowest BCUT2D eigenvalue weighted by atomic mass is 9.70. The van der Waals surface area contributed by atoms with Crippen LogP contribution in [-0.2, 0) is 10.0 Å². The summed E-state index contributed by atoms with van der Waals surface area (Å²) in [7, 11) is -3.60. The van der Waals surface area contributed by atoms with Gasteiger partial charge in [-0.3, -0.25) is 0 Å². The molecule has 4 unspecified atom stereocenters. The second-order valence-electron chi connectivity index (χ2n) is 7.69. The number of aliphatic hydroxyl groups is 1. The number of nitrogens with one attached hydrogen (secondary N) is 1. The van der Waals surface area contributed by atoms with Crippen LogP contribution in [0, 0.1) is 23.7 Å². The molecular weight excluding hydrogens is 298 g/mol. The summed E-state index contributed by atoms with van der Waals surface area (Å²) in [5, 5.41) is 10.7. The van der Waals surface area contributed by atoms with Crippen molar-refractivity contribution in [2.45, 2.75) is 57.6 Å². The maximum atomic E-state index is 12.6. The van der Waals surface area contributed by atoms with Crippen LogP contribution in [0.3, 0.4) is 0 Å². The molecule has 0 amide bonds. The molecule has 2 N–H and O–H groups in total. The zero-order chi connectivity index (χ0) is 16.3. The van der Waals surface area contributed by atoms with E-state index in [1.165, 1.54) is 0 Å². The van der Waals surface area contributed by atoms with Crippen molar-refractivity contribution in [2.75, 3.05) is 0 Å². The predicted molar refractivity (Wildman–Crippen MR) is 85.9 cm³/mol. The van der Waals surface area contributed by atoms with E-state index in [2.05, 4.69) is 25.5 Å². The number of benzene rings is 1. The highest BCUT2D eigenvalue weighted by molar-refractivity contribution is 7.89. The number of rotatable bonds is 3. The van der Waals surface area contributed by atoms with E-state index in [0.29, 0.717) is 0 Å². The molecule has 3 rings (SSSR count). The van der Waals surface area contributed by atoms with Crippen molar-refractivity contribution in [3.8, 4) is 0 Å². The minimum absolute atomic E-state index is 0.0626. The normalized spacial score (nSPS) is 36.7.